The number of rotatable bonds is 5. The maximum Gasteiger partial charge on any atom is 0.337 e. The van der Waals surface area contributed by atoms with Gasteiger partial charge in [-0.25, -0.2) is 10.2 Å². The van der Waals surface area contributed by atoms with Crippen molar-refractivity contribution >= 4 is 24.0 Å². The number of nitrogens with one attached hydrogen (secondary N) is 1. The molecular weight excluding hydrogens is 382 g/mol. The Morgan fingerprint density at radius 2 is 1.73 bits per heavy atom. The molecule has 3 rings (SSSR count). The van der Waals surface area contributed by atoms with Crippen molar-refractivity contribution in [3.63, 3.8) is 0 Å². The van der Waals surface area contributed by atoms with Crippen LogP contribution in [0.5, 0.6) is 0 Å². The molecule has 0 aliphatic carbocycles. The second-order valence-electron chi connectivity index (χ2n) is 7.23. The third kappa shape index (κ3) is 5.11. The largest absolute Gasteiger partial charge is 0.465 e. The molecule has 1 N–H and O–H groups in total. The minimum absolute atomic E-state index is 0.0142. The van der Waals surface area contributed by atoms with Crippen LogP contribution in [0.15, 0.2) is 53.6 Å². The van der Waals surface area contributed by atoms with Gasteiger partial charge in [0, 0.05) is 24.6 Å². The molecule has 0 radical (unpaired) electrons. The lowest BCUT2D eigenvalue weighted by molar-refractivity contribution is -0.126. The highest BCUT2D eigenvalue weighted by Crippen LogP contribution is 2.20. The summed E-state index contributed by atoms with van der Waals surface area (Å²) in [6, 6.07) is 14.2. The first-order chi connectivity index (χ1) is 14.5. The molecule has 30 heavy (non-hydrogen) atoms. The van der Waals surface area contributed by atoms with E-state index in [0.29, 0.717) is 37.1 Å². The van der Waals surface area contributed by atoms with Gasteiger partial charge in [-0.1, -0.05) is 30.3 Å². The van der Waals surface area contributed by atoms with Crippen molar-refractivity contribution in [1.82, 2.24) is 10.3 Å². The number of carbonyl (C=O) groups excluding carboxylic acids is 3. The first-order valence-electron chi connectivity index (χ1n) is 9.86. The highest BCUT2D eigenvalue weighted by molar-refractivity contribution is 5.96. The van der Waals surface area contributed by atoms with Crippen molar-refractivity contribution in [2.75, 3.05) is 20.2 Å². The molecule has 0 bridgehead atoms. The Bertz CT molecular complexity index is 945. The third-order valence-corrected chi connectivity index (χ3v) is 5.25. The molecule has 2 amide bonds. The standard InChI is InChI=1S/C23H25N3O4/c1-16-5-3-4-6-20(16)22(28)26-13-11-18(12-14-26)21(27)25-24-15-17-7-9-19(10-8-17)23(29)30-2/h3-10,15,18H,11-14H2,1-2H3,(H,25,27)/b24-15-. The summed E-state index contributed by atoms with van der Waals surface area (Å²) in [4.78, 5) is 38.3. The topological polar surface area (TPSA) is 88.1 Å². The number of esters is 1. The number of amides is 2. The molecule has 2 aromatic carbocycles. The minimum Gasteiger partial charge on any atom is -0.465 e. The Kier molecular flexibility index (Phi) is 6.95. The molecule has 0 spiro atoms. The summed E-state index contributed by atoms with van der Waals surface area (Å²) < 4.78 is 4.65. The Morgan fingerprint density at radius 1 is 1.07 bits per heavy atom. The summed E-state index contributed by atoms with van der Waals surface area (Å²) in [5.74, 6) is -0.718. The molecule has 0 saturated carbocycles. The van der Waals surface area contributed by atoms with E-state index < -0.39 is 5.97 Å². The van der Waals surface area contributed by atoms with Crippen LogP contribution in [0, 0.1) is 12.8 Å². The molecule has 1 aliphatic heterocycles. The van der Waals surface area contributed by atoms with Crippen LogP contribution >= 0.6 is 0 Å². The SMILES string of the molecule is COC(=O)c1ccc(/C=N\NC(=O)C2CCN(C(=O)c3ccccc3C)CC2)cc1. The quantitative estimate of drug-likeness (QED) is 0.469. The summed E-state index contributed by atoms with van der Waals surface area (Å²) >= 11 is 0. The summed E-state index contributed by atoms with van der Waals surface area (Å²) in [6.45, 7) is 3.02. The predicted molar refractivity (Wildman–Crippen MR) is 113 cm³/mol. The number of carbonyl (C=O) groups is 3. The molecule has 0 atom stereocenters. The van der Waals surface area contributed by atoms with Crippen molar-refractivity contribution < 1.29 is 19.1 Å². The number of hydrazone groups is 1. The zero-order chi connectivity index (χ0) is 21.5. The maximum atomic E-state index is 12.7. The molecule has 1 aliphatic rings. The fourth-order valence-electron chi connectivity index (χ4n) is 3.41. The summed E-state index contributed by atoms with van der Waals surface area (Å²) in [5.41, 5.74) is 5.44. The van der Waals surface area contributed by atoms with Gasteiger partial charge < -0.3 is 9.64 Å². The van der Waals surface area contributed by atoms with E-state index in [-0.39, 0.29) is 17.7 Å². The minimum atomic E-state index is -0.404. The predicted octanol–water partition coefficient (Wildman–Crippen LogP) is 2.78. The third-order valence-electron chi connectivity index (χ3n) is 5.25. The van der Waals surface area contributed by atoms with Gasteiger partial charge in [0.15, 0.2) is 0 Å². The van der Waals surface area contributed by atoms with Crippen LogP contribution in [0.2, 0.25) is 0 Å². The smallest absolute Gasteiger partial charge is 0.337 e. The van der Waals surface area contributed by atoms with Gasteiger partial charge in [-0.3, -0.25) is 9.59 Å². The van der Waals surface area contributed by atoms with Gasteiger partial charge in [0.05, 0.1) is 18.9 Å². The number of aryl methyl sites for hydroxylation is 1. The number of likely N-dealkylation sites (tertiary alicyclic amines) is 1. The van der Waals surface area contributed by atoms with Crippen LogP contribution in [-0.2, 0) is 9.53 Å². The highest BCUT2D eigenvalue weighted by Gasteiger charge is 2.28. The van der Waals surface area contributed by atoms with Gasteiger partial charge in [0.25, 0.3) is 5.91 Å². The van der Waals surface area contributed by atoms with Crippen LogP contribution in [0.4, 0.5) is 0 Å². The van der Waals surface area contributed by atoms with E-state index in [1.54, 1.807) is 29.2 Å². The molecule has 156 valence electrons. The number of benzene rings is 2. The number of nitrogens with zero attached hydrogens (tertiary/aromatic N) is 2. The molecule has 0 aromatic heterocycles. The van der Waals surface area contributed by atoms with Crippen LogP contribution in [-0.4, -0.2) is 49.1 Å². The first-order valence-corrected chi connectivity index (χ1v) is 9.86. The summed E-state index contributed by atoms with van der Waals surface area (Å²) in [7, 11) is 1.33. The van der Waals surface area contributed by atoms with E-state index in [4.69, 9.17) is 0 Å². The van der Waals surface area contributed by atoms with Crippen LogP contribution < -0.4 is 5.43 Å². The Balaban J connectivity index is 1.48. The fraction of sp³-hybridized carbons (Fsp3) is 0.304. The summed E-state index contributed by atoms with van der Waals surface area (Å²) in [5, 5.41) is 4.00. The molecule has 1 heterocycles. The molecule has 2 aromatic rings. The Labute approximate surface area is 175 Å². The number of hydrogen-bond donors (Lipinski definition) is 1. The van der Waals surface area contributed by atoms with E-state index in [0.717, 1.165) is 11.1 Å². The Morgan fingerprint density at radius 3 is 2.37 bits per heavy atom. The zero-order valence-electron chi connectivity index (χ0n) is 17.1. The van der Waals surface area contributed by atoms with Gasteiger partial charge in [-0.2, -0.15) is 5.10 Å². The van der Waals surface area contributed by atoms with Gasteiger partial charge in [0.1, 0.15) is 0 Å². The second-order valence-corrected chi connectivity index (χ2v) is 7.23. The van der Waals surface area contributed by atoms with Crippen LogP contribution in [0.25, 0.3) is 0 Å². The fourth-order valence-corrected chi connectivity index (χ4v) is 3.41. The first kappa shape index (κ1) is 21.2. The van der Waals surface area contributed by atoms with Crippen molar-refractivity contribution in [2.24, 2.45) is 11.0 Å². The van der Waals surface area contributed by atoms with E-state index >= 15 is 0 Å². The van der Waals surface area contributed by atoms with E-state index in [9.17, 15) is 14.4 Å². The van der Waals surface area contributed by atoms with Crippen molar-refractivity contribution in [3.8, 4) is 0 Å². The molecule has 1 fully saturated rings. The van der Waals surface area contributed by atoms with Crippen molar-refractivity contribution in [1.29, 1.82) is 0 Å². The van der Waals surface area contributed by atoms with E-state index in [1.165, 1.54) is 13.3 Å². The van der Waals surface area contributed by atoms with Gasteiger partial charge >= 0.3 is 5.97 Å². The lowest BCUT2D eigenvalue weighted by Gasteiger charge is -2.31. The number of piperidine rings is 1. The molecule has 1 saturated heterocycles. The molecule has 7 heteroatoms. The average molecular weight is 407 g/mol. The Hall–Kier alpha value is -3.48. The lowest BCUT2D eigenvalue weighted by Crippen LogP contribution is -2.42. The number of hydrogen-bond acceptors (Lipinski definition) is 5. The van der Waals surface area contributed by atoms with Crippen molar-refractivity contribution in [2.45, 2.75) is 19.8 Å². The molecule has 0 unspecified atom stereocenters. The van der Waals surface area contributed by atoms with E-state index in [1.807, 2.05) is 31.2 Å². The van der Waals surface area contributed by atoms with Crippen LogP contribution in [0.3, 0.4) is 0 Å². The highest BCUT2D eigenvalue weighted by atomic mass is 16.5. The number of ether oxygens (including phenoxy) is 1. The lowest BCUT2D eigenvalue weighted by atomic mass is 9.95. The monoisotopic (exact) mass is 407 g/mol. The second kappa shape index (κ2) is 9.82. The molecule has 7 nitrogen and oxygen atoms in total. The molecular formula is C23H25N3O4. The summed E-state index contributed by atoms with van der Waals surface area (Å²) in [6.07, 6.45) is 2.73. The maximum absolute atomic E-state index is 12.7. The van der Waals surface area contributed by atoms with Crippen LogP contribution in [0.1, 0.15) is 44.7 Å². The normalized spacial score (nSPS) is 14.5. The van der Waals surface area contributed by atoms with Gasteiger partial charge in [-0.05, 0) is 49.1 Å². The number of methoxy groups -OCH3 is 1. The van der Waals surface area contributed by atoms with Gasteiger partial charge in [-0.15, -0.1) is 0 Å². The van der Waals surface area contributed by atoms with Gasteiger partial charge in [0.2, 0.25) is 5.91 Å². The zero-order valence-corrected chi connectivity index (χ0v) is 17.1. The average Bonchev–Trinajstić information content (AvgIpc) is 2.79. The van der Waals surface area contributed by atoms with Crippen molar-refractivity contribution in [3.05, 3.63) is 70.8 Å². The van der Waals surface area contributed by atoms with E-state index in [2.05, 4.69) is 15.3 Å².